The van der Waals surface area contributed by atoms with E-state index in [-0.39, 0.29) is 32.0 Å². The van der Waals surface area contributed by atoms with Crippen LogP contribution in [0.4, 0.5) is 0 Å². The van der Waals surface area contributed by atoms with Crippen molar-refractivity contribution in [1.82, 2.24) is 0 Å². The van der Waals surface area contributed by atoms with Gasteiger partial charge in [-0.1, -0.05) is 421 Å². The maximum atomic E-state index is 12.9. The van der Waals surface area contributed by atoms with Crippen molar-refractivity contribution in [3.05, 3.63) is 72.9 Å². The van der Waals surface area contributed by atoms with E-state index in [1.807, 2.05) is 21.1 Å². The standard InChI is InChI=1S/C88H164NO8P/c1-6-8-10-12-14-16-18-20-22-24-26-28-30-32-34-36-38-40-41-42-43-44-45-46-47-49-51-53-55-57-59-61-63-65-67-69-71-73-75-77-79-81-88(91)97-86(85-96-98(92,93)95-83-82-89(3,4)5)84-94-87(90)80-78-76-74-72-70-68-66-64-62-60-58-56-54-52-50-48-39-37-35-33-31-29-27-25-23-21-19-17-15-13-11-9-7-2/h8,10,14,16,20,22,26,28,32,34,38,40,86H,6-7,9,11-13,15,17-19,21,23-25,27,29-31,33,35-37,39,41-85H2,1-5H3/b10-8-,16-14-,22-20-,28-26-,34-32-,40-38-. The van der Waals surface area contributed by atoms with Crippen LogP contribution in [0, 0.1) is 0 Å². The number of ether oxygens (including phenoxy) is 2. The van der Waals surface area contributed by atoms with Gasteiger partial charge in [-0.25, -0.2) is 0 Å². The Labute approximate surface area is 609 Å². The predicted molar refractivity (Wildman–Crippen MR) is 425 cm³/mol. The van der Waals surface area contributed by atoms with Gasteiger partial charge < -0.3 is 27.9 Å². The van der Waals surface area contributed by atoms with Gasteiger partial charge in [-0.05, 0) is 64.2 Å². The fraction of sp³-hybridized carbons (Fsp3) is 0.841. The Morgan fingerprint density at radius 1 is 0.327 bits per heavy atom. The van der Waals surface area contributed by atoms with Crippen molar-refractivity contribution in [3.63, 3.8) is 0 Å². The van der Waals surface area contributed by atoms with Crippen LogP contribution in [0.5, 0.6) is 0 Å². The van der Waals surface area contributed by atoms with Gasteiger partial charge in [0.2, 0.25) is 0 Å². The molecule has 0 aromatic carbocycles. The average Bonchev–Trinajstić information content (AvgIpc) is 1.08. The third-order valence-electron chi connectivity index (χ3n) is 19.2. The number of unbranched alkanes of at least 4 members (excludes halogenated alkanes) is 54. The average molecular weight is 1400 g/mol. The molecule has 10 heteroatoms. The summed E-state index contributed by atoms with van der Waals surface area (Å²) in [5.41, 5.74) is 0. The summed E-state index contributed by atoms with van der Waals surface area (Å²) in [6, 6.07) is 0. The summed E-state index contributed by atoms with van der Waals surface area (Å²) in [4.78, 5) is 38.2. The molecule has 0 rings (SSSR count). The minimum absolute atomic E-state index is 0.0283. The second-order valence-corrected chi connectivity index (χ2v) is 31.6. The van der Waals surface area contributed by atoms with E-state index < -0.39 is 26.5 Å². The lowest BCUT2D eigenvalue weighted by atomic mass is 10.0. The third kappa shape index (κ3) is 82.4. The Hall–Kier alpha value is -2.55. The highest BCUT2D eigenvalue weighted by molar-refractivity contribution is 7.45. The molecule has 0 aliphatic heterocycles. The lowest BCUT2D eigenvalue weighted by Crippen LogP contribution is -2.37. The number of phosphoric ester groups is 1. The molecule has 0 bridgehead atoms. The molecule has 0 aliphatic carbocycles. The van der Waals surface area contributed by atoms with Crippen LogP contribution >= 0.6 is 7.82 Å². The van der Waals surface area contributed by atoms with E-state index in [2.05, 4.69) is 86.8 Å². The smallest absolute Gasteiger partial charge is 0.306 e. The molecule has 0 aromatic heterocycles. The molecular formula is C88H164NO8P. The quantitative estimate of drug-likeness (QED) is 0.0195. The first kappa shape index (κ1) is 95.5. The number of phosphoric acid groups is 1. The Balaban J connectivity index is 3.88. The van der Waals surface area contributed by atoms with Crippen LogP contribution in [-0.2, 0) is 32.7 Å². The SMILES string of the molecule is CC/C=C\C/C=C\C/C=C\C/C=C\C/C=C\C/C=C\CCCCCCCCCCCCCCCCCCCCCCCCC(=O)OC(COC(=O)CCCCCCCCCCCCCCCCCCCCCCCCCCCCCCCCCCC)COP(=O)([O-])OCC[N+](C)(C)C. The largest absolute Gasteiger partial charge is 0.756 e. The van der Waals surface area contributed by atoms with Crippen molar-refractivity contribution in [3.8, 4) is 0 Å². The molecule has 0 saturated carbocycles. The number of carbonyl (C=O) groups excluding carboxylic acids is 2. The topological polar surface area (TPSA) is 111 Å². The molecule has 98 heavy (non-hydrogen) atoms. The zero-order valence-corrected chi connectivity index (χ0v) is 66.6. The van der Waals surface area contributed by atoms with Crippen LogP contribution in [-0.4, -0.2) is 70.0 Å². The number of esters is 2. The van der Waals surface area contributed by atoms with Gasteiger partial charge in [-0.15, -0.1) is 0 Å². The fourth-order valence-corrected chi connectivity index (χ4v) is 13.5. The molecule has 0 aromatic rings. The molecule has 0 saturated heterocycles. The number of rotatable bonds is 80. The van der Waals surface area contributed by atoms with Crippen LogP contribution in [0.15, 0.2) is 72.9 Å². The number of quaternary nitrogens is 1. The van der Waals surface area contributed by atoms with Gasteiger partial charge in [-0.3, -0.25) is 14.2 Å². The van der Waals surface area contributed by atoms with E-state index in [1.54, 1.807) is 0 Å². The molecular weight excluding hydrogens is 1230 g/mol. The van der Waals surface area contributed by atoms with Crippen molar-refractivity contribution < 1.29 is 42.1 Å². The first-order valence-electron chi connectivity index (χ1n) is 42.6. The fourth-order valence-electron chi connectivity index (χ4n) is 12.8. The van der Waals surface area contributed by atoms with Crippen molar-refractivity contribution in [1.29, 1.82) is 0 Å². The third-order valence-corrected chi connectivity index (χ3v) is 20.2. The van der Waals surface area contributed by atoms with E-state index in [0.29, 0.717) is 17.4 Å². The van der Waals surface area contributed by atoms with E-state index in [1.165, 1.54) is 321 Å². The number of hydrogen-bond acceptors (Lipinski definition) is 8. The highest BCUT2D eigenvalue weighted by atomic mass is 31.2. The van der Waals surface area contributed by atoms with Crippen molar-refractivity contribution in [2.75, 3.05) is 47.5 Å². The van der Waals surface area contributed by atoms with Gasteiger partial charge in [0, 0.05) is 12.8 Å². The minimum Gasteiger partial charge on any atom is -0.756 e. The summed E-state index contributed by atoms with van der Waals surface area (Å²) in [5, 5.41) is 0. The Morgan fingerprint density at radius 3 is 0.867 bits per heavy atom. The first-order valence-corrected chi connectivity index (χ1v) is 44.1. The Bertz CT molecular complexity index is 1890. The summed E-state index contributed by atoms with van der Waals surface area (Å²) in [6.45, 7) is 4.21. The molecule has 0 fully saturated rings. The summed E-state index contributed by atoms with van der Waals surface area (Å²) >= 11 is 0. The van der Waals surface area contributed by atoms with Crippen molar-refractivity contribution in [2.24, 2.45) is 0 Å². The molecule has 2 atom stereocenters. The molecule has 0 N–H and O–H groups in total. The van der Waals surface area contributed by atoms with Gasteiger partial charge in [0.25, 0.3) is 7.82 Å². The zero-order valence-electron chi connectivity index (χ0n) is 65.7. The molecule has 9 nitrogen and oxygen atoms in total. The molecule has 0 aliphatic rings. The van der Waals surface area contributed by atoms with Crippen molar-refractivity contribution in [2.45, 2.75) is 431 Å². The first-order chi connectivity index (χ1) is 48.0. The van der Waals surface area contributed by atoms with E-state index in [4.69, 9.17) is 18.5 Å². The van der Waals surface area contributed by atoms with Gasteiger partial charge in [0.1, 0.15) is 19.8 Å². The van der Waals surface area contributed by atoms with Crippen LogP contribution in [0.25, 0.3) is 0 Å². The van der Waals surface area contributed by atoms with Gasteiger partial charge in [0.15, 0.2) is 6.10 Å². The lowest BCUT2D eigenvalue weighted by Gasteiger charge is -2.28. The number of carbonyl (C=O) groups is 2. The Kier molecular flexibility index (Phi) is 76.5. The molecule has 0 amide bonds. The maximum absolute atomic E-state index is 12.9. The summed E-state index contributed by atoms with van der Waals surface area (Å²) in [7, 11) is 1.19. The van der Waals surface area contributed by atoms with Crippen LogP contribution < -0.4 is 4.89 Å². The van der Waals surface area contributed by atoms with Gasteiger partial charge >= 0.3 is 11.9 Å². The van der Waals surface area contributed by atoms with Crippen LogP contribution in [0.3, 0.4) is 0 Å². The van der Waals surface area contributed by atoms with Crippen LogP contribution in [0.1, 0.15) is 425 Å². The van der Waals surface area contributed by atoms with Gasteiger partial charge in [0.05, 0.1) is 27.7 Å². The minimum atomic E-state index is -4.65. The highest BCUT2D eigenvalue weighted by Crippen LogP contribution is 2.38. The molecule has 0 spiro atoms. The predicted octanol–water partition coefficient (Wildman–Crippen LogP) is 28.0. The van der Waals surface area contributed by atoms with E-state index in [0.717, 1.165) is 70.6 Å². The van der Waals surface area contributed by atoms with Crippen LogP contribution in [0.2, 0.25) is 0 Å². The Morgan fingerprint density at radius 2 is 0.582 bits per heavy atom. The second kappa shape index (κ2) is 78.6. The summed E-state index contributed by atoms with van der Waals surface area (Å²) < 4.78 is 34.5. The number of nitrogens with zero attached hydrogens (tertiary/aromatic N) is 1. The molecule has 2 unspecified atom stereocenters. The number of likely N-dealkylation sites (N-methyl/N-ethyl adjacent to an activating group) is 1. The second-order valence-electron chi connectivity index (χ2n) is 30.2. The monoisotopic (exact) mass is 1390 g/mol. The van der Waals surface area contributed by atoms with E-state index in [9.17, 15) is 19.0 Å². The summed E-state index contributed by atoms with van der Waals surface area (Å²) in [5.74, 6) is -0.808. The highest BCUT2D eigenvalue weighted by Gasteiger charge is 2.22. The number of hydrogen-bond donors (Lipinski definition) is 0. The normalized spacial score (nSPS) is 13.3. The molecule has 574 valence electrons. The zero-order chi connectivity index (χ0) is 71.1. The van der Waals surface area contributed by atoms with E-state index >= 15 is 0 Å². The lowest BCUT2D eigenvalue weighted by molar-refractivity contribution is -0.870. The maximum Gasteiger partial charge on any atom is 0.306 e. The molecule has 0 heterocycles. The van der Waals surface area contributed by atoms with Crippen molar-refractivity contribution >= 4 is 19.8 Å². The van der Waals surface area contributed by atoms with Gasteiger partial charge in [-0.2, -0.15) is 0 Å². The number of allylic oxidation sites excluding steroid dienone is 12. The molecule has 0 radical (unpaired) electrons. The summed E-state index contributed by atoms with van der Waals surface area (Å²) in [6.07, 6.45) is 108.